The van der Waals surface area contributed by atoms with Crippen molar-refractivity contribution in [1.29, 1.82) is 5.26 Å². The third-order valence-electron chi connectivity index (χ3n) is 2.44. The van der Waals surface area contributed by atoms with Crippen molar-refractivity contribution in [2.75, 3.05) is 13.6 Å². The molecule has 0 aliphatic heterocycles. The van der Waals surface area contributed by atoms with Gasteiger partial charge in [0.05, 0.1) is 12.0 Å². The van der Waals surface area contributed by atoms with Crippen LogP contribution in [0.5, 0.6) is 0 Å². The molecule has 1 rings (SSSR count). The first-order valence-electron chi connectivity index (χ1n) is 5.38. The SMILES string of the molecule is CC(C#N)CN(C)C(=O)c1cccc(CCl)c1. The summed E-state index contributed by atoms with van der Waals surface area (Å²) in [6.07, 6.45) is 0. The van der Waals surface area contributed by atoms with E-state index in [1.807, 2.05) is 12.1 Å². The standard InChI is InChI=1S/C13H15ClN2O/c1-10(8-15)9-16(2)13(17)12-5-3-4-11(6-12)7-14/h3-6,10H,7,9H2,1-2H3. The number of carbonyl (C=O) groups is 1. The number of alkyl halides is 1. The number of amides is 1. The van der Waals surface area contributed by atoms with Gasteiger partial charge in [-0.3, -0.25) is 4.79 Å². The van der Waals surface area contributed by atoms with Crippen molar-refractivity contribution in [1.82, 2.24) is 4.90 Å². The molecule has 0 heterocycles. The minimum atomic E-state index is -0.167. The van der Waals surface area contributed by atoms with Gasteiger partial charge in [-0.1, -0.05) is 12.1 Å². The normalized spacial score (nSPS) is 11.6. The lowest BCUT2D eigenvalue weighted by atomic mass is 10.1. The van der Waals surface area contributed by atoms with Crippen molar-refractivity contribution in [3.63, 3.8) is 0 Å². The van der Waals surface area contributed by atoms with E-state index >= 15 is 0 Å². The van der Waals surface area contributed by atoms with Crippen LogP contribution in [0.3, 0.4) is 0 Å². The molecular weight excluding hydrogens is 236 g/mol. The summed E-state index contributed by atoms with van der Waals surface area (Å²) in [7, 11) is 1.70. The third kappa shape index (κ3) is 3.76. The van der Waals surface area contributed by atoms with Gasteiger partial charge in [0.1, 0.15) is 0 Å². The van der Waals surface area contributed by atoms with E-state index in [0.29, 0.717) is 18.0 Å². The van der Waals surface area contributed by atoms with Crippen LogP contribution in [0, 0.1) is 17.2 Å². The summed E-state index contributed by atoms with van der Waals surface area (Å²) >= 11 is 5.72. The number of hydrogen-bond donors (Lipinski definition) is 0. The second-order valence-corrected chi connectivity index (χ2v) is 4.32. The number of carbonyl (C=O) groups excluding carboxylic acids is 1. The van der Waals surface area contributed by atoms with Crippen LogP contribution in [0.4, 0.5) is 0 Å². The second-order valence-electron chi connectivity index (χ2n) is 4.05. The Hall–Kier alpha value is -1.53. The fourth-order valence-corrected chi connectivity index (χ4v) is 1.71. The molecule has 0 aliphatic carbocycles. The number of nitrogens with zero attached hydrogens (tertiary/aromatic N) is 2. The van der Waals surface area contributed by atoms with Crippen LogP contribution in [-0.2, 0) is 5.88 Å². The van der Waals surface area contributed by atoms with Gasteiger partial charge in [-0.05, 0) is 24.6 Å². The molecule has 0 spiro atoms. The summed E-state index contributed by atoms with van der Waals surface area (Å²) in [5.74, 6) is 0.138. The highest BCUT2D eigenvalue weighted by Gasteiger charge is 2.14. The minimum Gasteiger partial charge on any atom is -0.340 e. The van der Waals surface area contributed by atoms with Crippen molar-refractivity contribution in [2.45, 2.75) is 12.8 Å². The van der Waals surface area contributed by atoms with E-state index < -0.39 is 0 Å². The zero-order valence-electron chi connectivity index (χ0n) is 9.98. The van der Waals surface area contributed by atoms with Crippen LogP contribution in [0.25, 0.3) is 0 Å². The average molecular weight is 251 g/mol. The fourth-order valence-electron chi connectivity index (χ4n) is 1.54. The Morgan fingerprint density at radius 1 is 1.59 bits per heavy atom. The van der Waals surface area contributed by atoms with Crippen LogP contribution in [0.2, 0.25) is 0 Å². The molecule has 1 atom stereocenters. The summed E-state index contributed by atoms with van der Waals surface area (Å²) in [5.41, 5.74) is 1.52. The lowest BCUT2D eigenvalue weighted by molar-refractivity contribution is 0.0785. The van der Waals surface area contributed by atoms with E-state index in [1.165, 1.54) is 0 Å². The number of nitriles is 1. The summed E-state index contributed by atoms with van der Waals surface area (Å²) in [6, 6.07) is 9.33. The summed E-state index contributed by atoms with van der Waals surface area (Å²) < 4.78 is 0. The highest BCUT2D eigenvalue weighted by atomic mass is 35.5. The molecule has 0 N–H and O–H groups in total. The third-order valence-corrected chi connectivity index (χ3v) is 2.75. The van der Waals surface area contributed by atoms with Gasteiger partial charge in [-0.2, -0.15) is 5.26 Å². The number of hydrogen-bond acceptors (Lipinski definition) is 2. The fraction of sp³-hybridized carbons (Fsp3) is 0.385. The van der Waals surface area contributed by atoms with Gasteiger partial charge < -0.3 is 4.90 Å². The monoisotopic (exact) mass is 250 g/mol. The summed E-state index contributed by atoms with van der Waals surface area (Å²) in [5, 5.41) is 8.71. The lowest BCUT2D eigenvalue weighted by Crippen LogP contribution is -2.30. The molecular formula is C13H15ClN2O. The molecule has 0 saturated carbocycles. The molecule has 0 fully saturated rings. The first-order valence-corrected chi connectivity index (χ1v) is 5.92. The molecule has 1 unspecified atom stereocenters. The van der Waals surface area contributed by atoms with Crippen molar-refractivity contribution in [3.05, 3.63) is 35.4 Å². The molecule has 0 radical (unpaired) electrons. The molecule has 1 aromatic carbocycles. The van der Waals surface area contributed by atoms with Crippen LogP contribution >= 0.6 is 11.6 Å². The van der Waals surface area contributed by atoms with E-state index in [-0.39, 0.29) is 11.8 Å². The van der Waals surface area contributed by atoms with Crippen LogP contribution in [0.15, 0.2) is 24.3 Å². The predicted octanol–water partition coefficient (Wildman–Crippen LogP) is 2.66. The van der Waals surface area contributed by atoms with Gasteiger partial charge in [0.15, 0.2) is 0 Å². The molecule has 17 heavy (non-hydrogen) atoms. The van der Waals surface area contributed by atoms with Crippen LogP contribution in [0.1, 0.15) is 22.8 Å². The quantitative estimate of drug-likeness (QED) is 0.771. The van der Waals surface area contributed by atoms with E-state index in [9.17, 15) is 4.79 Å². The maximum Gasteiger partial charge on any atom is 0.253 e. The van der Waals surface area contributed by atoms with E-state index in [4.69, 9.17) is 16.9 Å². The number of halogens is 1. The molecule has 90 valence electrons. The zero-order valence-corrected chi connectivity index (χ0v) is 10.7. The zero-order chi connectivity index (χ0) is 12.8. The Morgan fingerprint density at radius 2 is 2.29 bits per heavy atom. The van der Waals surface area contributed by atoms with Gasteiger partial charge in [0.25, 0.3) is 5.91 Å². The molecule has 0 aliphatic rings. The molecule has 0 aromatic heterocycles. The van der Waals surface area contributed by atoms with Crippen molar-refractivity contribution in [2.24, 2.45) is 5.92 Å². The maximum atomic E-state index is 12.0. The lowest BCUT2D eigenvalue weighted by Gasteiger charge is -2.18. The van der Waals surface area contributed by atoms with E-state index in [0.717, 1.165) is 5.56 Å². The Balaban J connectivity index is 2.78. The molecule has 1 aromatic rings. The first kappa shape index (κ1) is 13.5. The van der Waals surface area contributed by atoms with Gasteiger partial charge in [0, 0.05) is 25.0 Å². The van der Waals surface area contributed by atoms with Gasteiger partial charge in [-0.25, -0.2) is 0 Å². The van der Waals surface area contributed by atoms with E-state index in [1.54, 1.807) is 31.0 Å². The number of benzene rings is 1. The van der Waals surface area contributed by atoms with Crippen LogP contribution < -0.4 is 0 Å². The maximum absolute atomic E-state index is 12.0. The Labute approximate surface area is 107 Å². The summed E-state index contributed by atoms with van der Waals surface area (Å²) in [4.78, 5) is 13.6. The smallest absolute Gasteiger partial charge is 0.253 e. The van der Waals surface area contributed by atoms with E-state index in [2.05, 4.69) is 6.07 Å². The highest BCUT2D eigenvalue weighted by molar-refractivity contribution is 6.17. The van der Waals surface area contributed by atoms with Gasteiger partial charge in [-0.15, -0.1) is 11.6 Å². The molecule has 4 heteroatoms. The van der Waals surface area contributed by atoms with Crippen molar-refractivity contribution >= 4 is 17.5 Å². The topological polar surface area (TPSA) is 44.1 Å². The molecule has 0 saturated heterocycles. The van der Waals surface area contributed by atoms with Crippen molar-refractivity contribution < 1.29 is 4.79 Å². The largest absolute Gasteiger partial charge is 0.340 e. The summed E-state index contributed by atoms with van der Waals surface area (Å²) in [6.45, 7) is 2.22. The average Bonchev–Trinajstić information content (AvgIpc) is 2.37. The van der Waals surface area contributed by atoms with Crippen molar-refractivity contribution in [3.8, 4) is 6.07 Å². The van der Waals surface area contributed by atoms with Gasteiger partial charge in [0.2, 0.25) is 0 Å². The minimum absolute atomic E-state index is 0.0842. The Kier molecular flexibility index (Phi) is 4.99. The second kappa shape index (κ2) is 6.27. The van der Waals surface area contributed by atoms with Gasteiger partial charge >= 0.3 is 0 Å². The first-order chi connectivity index (χ1) is 8.08. The highest BCUT2D eigenvalue weighted by Crippen LogP contribution is 2.10. The number of rotatable bonds is 4. The molecule has 0 bridgehead atoms. The Morgan fingerprint density at radius 3 is 2.88 bits per heavy atom. The molecule has 3 nitrogen and oxygen atoms in total. The molecule has 1 amide bonds. The predicted molar refractivity (Wildman–Crippen MR) is 67.7 cm³/mol. The Bertz CT molecular complexity index is 439. The van der Waals surface area contributed by atoms with Crippen LogP contribution in [-0.4, -0.2) is 24.4 Å².